The smallest absolute Gasteiger partial charge is 0.197 e. The van der Waals surface area contributed by atoms with Gasteiger partial charge >= 0.3 is 0 Å². The number of aromatic nitrogens is 5. The molecular weight excluding hydrogens is 547 g/mol. The van der Waals surface area contributed by atoms with E-state index in [9.17, 15) is 4.21 Å². The standard InChI is InChI=1S/C17H19N3O3S.C8H6N2S3/c1-10-8-18-15(11(2)16(10)23-4)9-24(21)17-19-13-6-5-12(22-3)7-14(13)20-17;1-5-7(12-13-8(5)11)6-4-9-2-3-10-6/h5-8H,9H2,1-4H3,(H,19,20);2-4H,1H3. The molecule has 0 amide bonds. The monoisotopic (exact) mass is 571 g/mol. The Morgan fingerprint density at radius 2 is 1.84 bits per heavy atom. The van der Waals surface area contributed by atoms with Gasteiger partial charge in [0.05, 0.1) is 64.3 Å². The van der Waals surface area contributed by atoms with Crippen LogP contribution in [0.15, 0.2) is 48.1 Å². The summed E-state index contributed by atoms with van der Waals surface area (Å²) in [4.78, 5) is 21.3. The van der Waals surface area contributed by atoms with Gasteiger partial charge in [0.25, 0.3) is 0 Å². The predicted octanol–water partition coefficient (Wildman–Crippen LogP) is 6.20. The number of pyridine rings is 1. The third kappa shape index (κ3) is 6.09. The Hall–Kier alpha value is -3.06. The molecule has 4 aromatic heterocycles. The van der Waals surface area contributed by atoms with Gasteiger partial charge < -0.3 is 14.5 Å². The SMILES string of the molecule is COc1ccc2nc(S(=O)Cc3ncc(C)c(OC)c3C)[nH]c2c1.Cc1c(-c2cnccn2)ssc1=S. The number of H-pyrrole nitrogens is 1. The van der Waals surface area contributed by atoms with Gasteiger partial charge in [-0.2, -0.15) is 0 Å². The van der Waals surface area contributed by atoms with Crippen molar-refractivity contribution in [2.24, 2.45) is 0 Å². The van der Waals surface area contributed by atoms with Gasteiger partial charge in [-0.3, -0.25) is 19.2 Å². The van der Waals surface area contributed by atoms with Crippen LogP contribution in [0.5, 0.6) is 11.5 Å². The van der Waals surface area contributed by atoms with Crippen molar-refractivity contribution < 1.29 is 13.7 Å². The molecule has 1 atom stereocenters. The molecule has 0 aliphatic carbocycles. The largest absolute Gasteiger partial charge is 0.497 e. The molecule has 192 valence electrons. The molecule has 4 heterocycles. The summed E-state index contributed by atoms with van der Waals surface area (Å²) >= 11 is 5.15. The van der Waals surface area contributed by atoms with E-state index in [4.69, 9.17) is 21.7 Å². The Morgan fingerprint density at radius 1 is 1.03 bits per heavy atom. The fraction of sp³-hybridized carbons (Fsp3) is 0.240. The van der Waals surface area contributed by atoms with E-state index in [0.717, 1.165) is 59.3 Å². The molecule has 8 nitrogen and oxygen atoms in total. The third-order valence-corrected chi connectivity index (χ3v) is 10.0. The Morgan fingerprint density at radius 3 is 2.49 bits per heavy atom. The molecule has 12 heteroatoms. The maximum Gasteiger partial charge on any atom is 0.197 e. The zero-order valence-corrected chi connectivity index (χ0v) is 24.2. The van der Waals surface area contributed by atoms with Gasteiger partial charge in [-0.05, 0) is 38.5 Å². The molecule has 0 saturated carbocycles. The van der Waals surface area contributed by atoms with Crippen molar-refractivity contribution in [2.75, 3.05) is 14.2 Å². The number of aryl methyl sites for hydroxylation is 1. The first-order valence-electron chi connectivity index (χ1n) is 11.1. The second-order valence-electron chi connectivity index (χ2n) is 7.96. The molecule has 0 bridgehead atoms. The second kappa shape index (κ2) is 12.0. The summed E-state index contributed by atoms with van der Waals surface area (Å²) in [5, 5.41) is 0.430. The minimum atomic E-state index is -1.33. The zero-order chi connectivity index (χ0) is 26.5. The summed E-state index contributed by atoms with van der Waals surface area (Å²) in [6.07, 6.45) is 6.87. The minimum Gasteiger partial charge on any atom is -0.497 e. The fourth-order valence-electron chi connectivity index (χ4n) is 3.56. The zero-order valence-electron chi connectivity index (χ0n) is 20.9. The number of nitrogens with one attached hydrogen (secondary N) is 1. The van der Waals surface area contributed by atoms with Gasteiger partial charge in [-0.25, -0.2) is 4.98 Å². The van der Waals surface area contributed by atoms with Crippen LogP contribution >= 0.6 is 32.9 Å². The number of nitrogens with zero attached hydrogens (tertiary/aromatic N) is 4. The molecular formula is C25H25N5O3S4. The normalized spacial score (nSPS) is 11.6. The first-order chi connectivity index (χ1) is 17.8. The molecule has 0 aliphatic heterocycles. The van der Waals surface area contributed by atoms with E-state index in [1.54, 1.807) is 59.7 Å². The number of benzene rings is 1. The van der Waals surface area contributed by atoms with Crippen molar-refractivity contribution in [3.05, 3.63) is 69.2 Å². The van der Waals surface area contributed by atoms with E-state index < -0.39 is 10.8 Å². The summed E-state index contributed by atoms with van der Waals surface area (Å²) in [6, 6.07) is 5.50. The lowest BCUT2D eigenvalue weighted by atomic mass is 10.1. The number of hydrogen-bond donors (Lipinski definition) is 1. The lowest BCUT2D eigenvalue weighted by molar-refractivity contribution is 0.407. The molecule has 5 rings (SSSR count). The van der Waals surface area contributed by atoms with Crippen molar-refractivity contribution in [1.82, 2.24) is 24.9 Å². The summed E-state index contributed by atoms with van der Waals surface area (Å²) in [5.41, 5.74) is 6.22. The lowest BCUT2D eigenvalue weighted by Gasteiger charge is -2.11. The van der Waals surface area contributed by atoms with Gasteiger partial charge in [-0.1, -0.05) is 32.9 Å². The van der Waals surface area contributed by atoms with Crippen LogP contribution in [0.1, 0.15) is 22.4 Å². The maximum atomic E-state index is 12.7. The average molecular weight is 572 g/mol. The summed E-state index contributed by atoms with van der Waals surface area (Å²) < 4.78 is 24.2. The first-order valence-corrected chi connectivity index (χ1v) is 15.0. The Kier molecular flexibility index (Phi) is 8.75. The van der Waals surface area contributed by atoms with Crippen molar-refractivity contribution >= 4 is 54.7 Å². The molecule has 37 heavy (non-hydrogen) atoms. The molecule has 1 N–H and O–H groups in total. The summed E-state index contributed by atoms with van der Waals surface area (Å²) in [7, 11) is 5.19. The second-order valence-corrected chi connectivity index (χ2v) is 12.1. The maximum absolute atomic E-state index is 12.7. The number of methoxy groups -OCH3 is 2. The van der Waals surface area contributed by atoms with E-state index in [1.165, 1.54) is 0 Å². The van der Waals surface area contributed by atoms with E-state index >= 15 is 0 Å². The molecule has 0 spiro atoms. The van der Waals surface area contributed by atoms with Crippen LogP contribution in [0, 0.1) is 24.6 Å². The van der Waals surface area contributed by atoms with Crippen molar-refractivity contribution in [3.8, 4) is 22.1 Å². The van der Waals surface area contributed by atoms with Gasteiger partial charge in [0.15, 0.2) is 5.16 Å². The van der Waals surface area contributed by atoms with Crippen LogP contribution in [0.3, 0.4) is 0 Å². The highest BCUT2D eigenvalue weighted by Crippen LogP contribution is 2.32. The molecule has 0 radical (unpaired) electrons. The summed E-state index contributed by atoms with van der Waals surface area (Å²) in [5.74, 6) is 1.79. The quantitative estimate of drug-likeness (QED) is 0.190. The molecule has 0 aliphatic rings. The van der Waals surface area contributed by atoms with Gasteiger partial charge in [-0.15, -0.1) is 0 Å². The highest BCUT2D eigenvalue weighted by atomic mass is 32.9. The molecule has 0 saturated heterocycles. The molecule has 5 aromatic rings. The summed E-state index contributed by atoms with van der Waals surface area (Å²) in [6.45, 7) is 5.89. The highest BCUT2D eigenvalue weighted by Gasteiger charge is 2.16. The number of imidazole rings is 1. The molecule has 0 fully saturated rings. The number of hydrogen-bond acceptors (Lipinski definition) is 10. The first kappa shape index (κ1) is 27.0. The number of aromatic amines is 1. The van der Waals surface area contributed by atoms with Gasteiger partial charge in [0.2, 0.25) is 0 Å². The highest BCUT2D eigenvalue weighted by molar-refractivity contribution is 7.84. The number of fused-ring (bicyclic) bond motifs is 1. The lowest BCUT2D eigenvalue weighted by Crippen LogP contribution is -2.05. The van der Waals surface area contributed by atoms with Crippen molar-refractivity contribution in [3.63, 3.8) is 0 Å². The molecule has 1 aromatic carbocycles. The number of rotatable bonds is 6. The Balaban J connectivity index is 0.000000207. The average Bonchev–Trinajstić information content (AvgIpc) is 3.49. The fourth-order valence-corrected chi connectivity index (χ4v) is 7.48. The third-order valence-electron chi connectivity index (χ3n) is 5.54. The van der Waals surface area contributed by atoms with Crippen LogP contribution in [-0.2, 0) is 16.6 Å². The minimum absolute atomic E-state index is 0.277. The van der Waals surface area contributed by atoms with E-state index in [2.05, 4.69) is 24.9 Å². The van der Waals surface area contributed by atoms with E-state index in [1.807, 2.05) is 39.0 Å². The van der Waals surface area contributed by atoms with Crippen LogP contribution in [0.4, 0.5) is 0 Å². The van der Waals surface area contributed by atoms with Crippen LogP contribution in [-0.4, -0.2) is 43.3 Å². The predicted molar refractivity (Wildman–Crippen MR) is 152 cm³/mol. The molecule has 1 unspecified atom stereocenters. The van der Waals surface area contributed by atoms with Crippen LogP contribution < -0.4 is 9.47 Å². The van der Waals surface area contributed by atoms with Gasteiger partial charge in [0.1, 0.15) is 15.3 Å². The van der Waals surface area contributed by atoms with Crippen molar-refractivity contribution in [2.45, 2.75) is 31.7 Å². The van der Waals surface area contributed by atoms with Crippen LogP contribution in [0.2, 0.25) is 0 Å². The number of ether oxygens (including phenoxy) is 2. The van der Waals surface area contributed by atoms with E-state index in [-0.39, 0.29) is 5.75 Å². The topological polar surface area (TPSA) is 103 Å². The van der Waals surface area contributed by atoms with E-state index in [0.29, 0.717) is 5.16 Å². The van der Waals surface area contributed by atoms with Crippen LogP contribution in [0.25, 0.3) is 21.6 Å². The Labute approximate surface area is 229 Å². The van der Waals surface area contributed by atoms with Gasteiger partial charge in [0, 0.05) is 35.8 Å². The van der Waals surface area contributed by atoms with Crippen molar-refractivity contribution in [1.29, 1.82) is 0 Å². The Bertz CT molecular complexity index is 1610.